The number of hydrogen-bond acceptors (Lipinski definition) is 6. The van der Waals surface area contributed by atoms with E-state index >= 15 is 0 Å². The van der Waals surface area contributed by atoms with E-state index in [1.54, 1.807) is 11.3 Å². The van der Waals surface area contributed by atoms with Crippen LogP contribution in [0.25, 0.3) is 10.8 Å². The third-order valence-electron chi connectivity index (χ3n) is 4.20. The van der Waals surface area contributed by atoms with Gasteiger partial charge in [0.05, 0.1) is 11.9 Å². The Kier molecular flexibility index (Phi) is 5.39. The molecule has 0 amide bonds. The van der Waals surface area contributed by atoms with E-state index in [0.717, 1.165) is 54.6 Å². The first kappa shape index (κ1) is 17.6. The van der Waals surface area contributed by atoms with Gasteiger partial charge in [0.25, 0.3) is 0 Å². The van der Waals surface area contributed by atoms with E-state index in [1.807, 2.05) is 19.1 Å². The first-order valence-electron chi connectivity index (χ1n) is 8.10. The molecule has 0 aliphatic carbocycles. The summed E-state index contributed by atoms with van der Waals surface area (Å²) in [5, 5.41) is 2.95. The molecular weight excluding hydrogens is 346 g/mol. The molecule has 0 saturated carbocycles. The first-order valence-corrected chi connectivity index (χ1v) is 10.9. The molecule has 132 valence electrons. The molecule has 1 N–H and O–H groups in total. The number of nitrogens with one attached hydrogen (secondary N) is 1. The topological polar surface area (TPSA) is 75.4 Å². The van der Waals surface area contributed by atoms with Crippen LogP contribution in [0.3, 0.4) is 0 Å². The standard InChI is InChI=1S/C16H23N3O3S2/c1-12-6-7-15(22-12)16-18-13(11-23-16)10-19-8-4-3-5-14(19)9-17-24(2,20)21/h6-7,11,14,17H,3-5,8-10H2,1-2H3. The maximum atomic E-state index is 11.4. The van der Waals surface area contributed by atoms with Crippen LogP contribution in [-0.2, 0) is 16.6 Å². The van der Waals surface area contributed by atoms with Gasteiger partial charge in [0.1, 0.15) is 5.76 Å². The van der Waals surface area contributed by atoms with Gasteiger partial charge in [0, 0.05) is 24.5 Å². The summed E-state index contributed by atoms with van der Waals surface area (Å²) in [4.78, 5) is 7.00. The number of hydrogen-bond donors (Lipinski definition) is 1. The largest absolute Gasteiger partial charge is 0.459 e. The summed E-state index contributed by atoms with van der Waals surface area (Å²) in [6.45, 7) is 4.10. The Morgan fingerprint density at radius 1 is 1.42 bits per heavy atom. The molecule has 0 spiro atoms. The molecule has 1 unspecified atom stereocenters. The number of furan rings is 1. The summed E-state index contributed by atoms with van der Waals surface area (Å²) in [7, 11) is -3.15. The Labute approximate surface area is 146 Å². The van der Waals surface area contributed by atoms with Crippen molar-refractivity contribution in [3.05, 3.63) is 29.0 Å². The smallest absolute Gasteiger partial charge is 0.208 e. The van der Waals surface area contributed by atoms with Gasteiger partial charge in [-0.25, -0.2) is 18.1 Å². The highest BCUT2D eigenvalue weighted by atomic mass is 32.2. The average molecular weight is 370 g/mol. The van der Waals surface area contributed by atoms with Crippen molar-refractivity contribution < 1.29 is 12.8 Å². The van der Waals surface area contributed by atoms with Crippen LogP contribution in [0, 0.1) is 6.92 Å². The van der Waals surface area contributed by atoms with Crippen LogP contribution < -0.4 is 4.72 Å². The number of aromatic nitrogens is 1. The van der Waals surface area contributed by atoms with Gasteiger partial charge in [-0.05, 0) is 38.4 Å². The molecule has 1 saturated heterocycles. The lowest BCUT2D eigenvalue weighted by molar-refractivity contribution is 0.140. The zero-order valence-electron chi connectivity index (χ0n) is 14.0. The minimum absolute atomic E-state index is 0.226. The quantitative estimate of drug-likeness (QED) is 0.847. The summed E-state index contributed by atoms with van der Waals surface area (Å²) >= 11 is 1.58. The van der Waals surface area contributed by atoms with Gasteiger partial charge in [-0.1, -0.05) is 6.42 Å². The van der Waals surface area contributed by atoms with Crippen molar-refractivity contribution >= 4 is 21.4 Å². The van der Waals surface area contributed by atoms with Gasteiger partial charge in [-0.2, -0.15) is 0 Å². The minimum Gasteiger partial charge on any atom is -0.459 e. The van der Waals surface area contributed by atoms with E-state index in [0.29, 0.717) is 6.54 Å². The fourth-order valence-electron chi connectivity index (χ4n) is 3.00. The number of sulfonamides is 1. The van der Waals surface area contributed by atoms with Crippen LogP contribution in [0.2, 0.25) is 0 Å². The van der Waals surface area contributed by atoms with Crippen LogP contribution in [-0.4, -0.2) is 43.7 Å². The van der Waals surface area contributed by atoms with Crippen molar-refractivity contribution in [2.45, 2.75) is 38.8 Å². The van der Waals surface area contributed by atoms with Crippen molar-refractivity contribution in [2.24, 2.45) is 0 Å². The first-order chi connectivity index (χ1) is 11.4. The maximum absolute atomic E-state index is 11.4. The van der Waals surface area contributed by atoms with E-state index < -0.39 is 10.0 Å². The summed E-state index contributed by atoms with van der Waals surface area (Å²) < 4.78 is 31.0. The van der Waals surface area contributed by atoms with E-state index in [9.17, 15) is 8.42 Å². The normalized spacial score (nSPS) is 19.7. The average Bonchev–Trinajstić information content (AvgIpc) is 3.14. The maximum Gasteiger partial charge on any atom is 0.208 e. The van der Waals surface area contributed by atoms with Crippen LogP contribution in [0.5, 0.6) is 0 Å². The van der Waals surface area contributed by atoms with Crippen LogP contribution in [0.4, 0.5) is 0 Å². The molecule has 0 bridgehead atoms. The fourth-order valence-corrected chi connectivity index (χ4v) is 4.26. The van der Waals surface area contributed by atoms with E-state index in [4.69, 9.17) is 4.42 Å². The zero-order chi connectivity index (χ0) is 17.2. The van der Waals surface area contributed by atoms with Crippen LogP contribution in [0.15, 0.2) is 21.9 Å². The van der Waals surface area contributed by atoms with E-state index in [-0.39, 0.29) is 6.04 Å². The molecular formula is C16H23N3O3S2. The number of rotatable bonds is 6. The van der Waals surface area contributed by atoms with Crippen molar-refractivity contribution in [2.75, 3.05) is 19.3 Å². The molecule has 3 heterocycles. The summed E-state index contributed by atoms with van der Waals surface area (Å²) in [6.07, 6.45) is 4.50. The molecule has 24 heavy (non-hydrogen) atoms. The van der Waals surface area contributed by atoms with Gasteiger partial charge in [-0.3, -0.25) is 4.90 Å². The predicted octanol–water partition coefficient (Wildman–Crippen LogP) is 2.62. The Bertz CT molecular complexity index is 782. The number of aryl methyl sites for hydroxylation is 1. The van der Waals surface area contributed by atoms with E-state index in [2.05, 4.69) is 20.0 Å². The van der Waals surface area contributed by atoms with Crippen LogP contribution >= 0.6 is 11.3 Å². The third kappa shape index (κ3) is 4.66. The number of nitrogens with zero attached hydrogens (tertiary/aromatic N) is 2. The number of thiazole rings is 1. The molecule has 1 atom stereocenters. The molecule has 8 heteroatoms. The molecule has 2 aromatic heterocycles. The monoisotopic (exact) mass is 369 g/mol. The summed E-state index contributed by atoms with van der Waals surface area (Å²) in [5.41, 5.74) is 1.01. The number of piperidine rings is 1. The lowest BCUT2D eigenvalue weighted by atomic mass is 10.0. The van der Waals surface area contributed by atoms with Gasteiger partial charge >= 0.3 is 0 Å². The molecule has 0 aromatic carbocycles. The molecule has 0 radical (unpaired) electrons. The lowest BCUT2D eigenvalue weighted by Crippen LogP contribution is -2.46. The molecule has 2 aromatic rings. The SMILES string of the molecule is Cc1ccc(-c2nc(CN3CCCCC3CNS(C)(=O)=O)cs2)o1. The molecule has 1 aliphatic heterocycles. The zero-order valence-corrected chi connectivity index (χ0v) is 15.6. The van der Waals surface area contributed by atoms with Crippen molar-refractivity contribution in [1.29, 1.82) is 0 Å². The van der Waals surface area contributed by atoms with Gasteiger partial charge in [0.2, 0.25) is 10.0 Å². The van der Waals surface area contributed by atoms with E-state index in [1.165, 1.54) is 6.26 Å². The predicted molar refractivity (Wildman–Crippen MR) is 95.4 cm³/mol. The molecule has 1 fully saturated rings. The second-order valence-corrected chi connectivity index (χ2v) is 8.99. The number of likely N-dealkylation sites (tertiary alicyclic amines) is 1. The minimum atomic E-state index is -3.15. The van der Waals surface area contributed by atoms with Gasteiger partial charge < -0.3 is 4.42 Å². The Balaban J connectivity index is 1.66. The van der Waals surface area contributed by atoms with Gasteiger partial charge in [-0.15, -0.1) is 11.3 Å². The summed E-state index contributed by atoms with van der Waals surface area (Å²) in [6, 6.07) is 4.11. The lowest BCUT2D eigenvalue weighted by Gasteiger charge is -2.35. The molecule has 6 nitrogen and oxygen atoms in total. The van der Waals surface area contributed by atoms with Crippen molar-refractivity contribution in [3.8, 4) is 10.8 Å². The molecule has 1 aliphatic rings. The second-order valence-electron chi connectivity index (χ2n) is 6.30. The summed E-state index contributed by atoms with van der Waals surface area (Å²) in [5.74, 6) is 1.68. The second kappa shape index (κ2) is 7.35. The Morgan fingerprint density at radius 2 is 2.25 bits per heavy atom. The van der Waals surface area contributed by atoms with Crippen LogP contribution in [0.1, 0.15) is 30.7 Å². The van der Waals surface area contributed by atoms with Crippen molar-refractivity contribution in [1.82, 2.24) is 14.6 Å². The fraction of sp³-hybridized carbons (Fsp3) is 0.562. The Morgan fingerprint density at radius 3 is 2.96 bits per heavy atom. The highest BCUT2D eigenvalue weighted by molar-refractivity contribution is 7.88. The third-order valence-corrected chi connectivity index (χ3v) is 5.79. The van der Waals surface area contributed by atoms with Gasteiger partial charge in [0.15, 0.2) is 10.8 Å². The van der Waals surface area contributed by atoms with Crippen molar-refractivity contribution in [3.63, 3.8) is 0 Å². The molecule has 3 rings (SSSR count). The Hall–Kier alpha value is -1.22. The highest BCUT2D eigenvalue weighted by Gasteiger charge is 2.24. The highest BCUT2D eigenvalue weighted by Crippen LogP contribution is 2.27.